The van der Waals surface area contributed by atoms with Gasteiger partial charge in [0.15, 0.2) is 0 Å². The molecule has 1 atom stereocenters. The average molecular weight is 389 g/mol. The van der Waals surface area contributed by atoms with E-state index in [0.717, 1.165) is 0 Å². The van der Waals surface area contributed by atoms with Gasteiger partial charge in [0, 0.05) is 11.3 Å². The smallest absolute Gasteiger partial charge is 0.426 e. The van der Waals surface area contributed by atoms with Crippen molar-refractivity contribution in [1.82, 2.24) is 10.9 Å². The van der Waals surface area contributed by atoms with Crippen molar-refractivity contribution in [2.75, 3.05) is 7.11 Å². The number of benzene rings is 1. The quantitative estimate of drug-likeness (QED) is 0.343. The maximum Gasteiger partial charge on any atom is 0.426 e. The Kier molecular flexibility index (Phi) is 6.40. The van der Waals surface area contributed by atoms with Crippen LogP contribution in [0.3, 0.4) is 0 Å². The molecule has 0 saturated heterocycles. The molecule has 9 heteroatoms. The summed E-state index contributed by atoms with van der Waals surface area (Å²) in [6.07, 6.45) is -0.748. The van der Waals surface area contributed by atoms with E-state index in [9.17, 15) is 14.4 Å². The molecular weight excluding hydrogens is 366 g/mol. The van der Waals surface area contributed by atoms with Gasteiger partial charge in [-0.2, -0.15) is 0 Å². The van der Waals surface area contributed by atoms with Crippen LogP contribution in [0.1, 0.15) is 33.3 Å². The first kappa shape index (κ1) is 20.9. The fourth-order valence-electron chi connectivity index (χ4n) is 2.51. The Balaban J connectivity index is 2.32. The molecule has 1 aromatic rings. The van der Waals surface area contributed by atoms with E-state index < -0.39 is 29.6 Å². The van der Waals surface area contributed by atoms with Gasteiger partial charge in [0.05, 0.1) is 12.7 Å². The highest BCUT2D eigenvalue weighted by atomic mass is 16.7. The van der Waals surface area contributed by atoms with Crippen molar-refractivity contribution in [3.05, 3.63) is 47.2 Å². The Morgan fingerprint density at radius 3 is 2.36 bits per heavy atom. The number of nitrogens with one attached hydrogen (secondary N) is 2. The number of amides is 1. The lowest BCUT2D eigenvalue weighted by atomic mass is 9.89. The summed E-state index contributed by atoms with van der Waals surface area (Å²) in [6, 6.07) is 8.84. The van der Waals surface area contributed by atoms with Gasteiger partial charge in [0.25, 0.3) is 0 Å². The van der Waals surface area contributed by atoms with Crippen LogP contribution in [-0.4, -0.2) is 36.5 Å². The second kappa shape index (κ2) is 8.55. The molecule has 0 bridgehead atoms. The number of methoxy groups -OCH3 is 1. The molecule has 1 unspecified atom stereocenters. The largest absolute Gasteiger partial charge is 0.466 e. The molecule has 9 nitrogen and oxygen atoms in total. The number of oxime groups is 1. The molecule has 0 saturated carbocycles. The SMILES string of the molecule is COC(=O)/C(=C(\C)NNC(=O)OC(C)(C)C)C1C(=O)ON=C1c1ccccc1. The fraction of sp³-hybridized carbons (Fsp3) is 0.368. The molecule has 0 fully saturated rings. The van der Waals surface area contributed by atoms with Crippen LogP contribution in [0.5, 0.6) is 0 Å². The number of hydrogen-bond donors (Lipinski definition) is 2. The Morgan fingerprint density at radius 1 is 1.14 bits per heavy atom. The van der Waals surface area contributed by atoms with Gasteiger partial charge in [-0.05, 0) is 27.7 Å². The average Bonchev–Trinajstić information content (AvgIpc) is 3.00. The minimum atomic E-state index is -1.11. The normalized spacial score (nSPS) is 17.1. The second-order valence-electron chi connectivity index (χ2n) is 6.97. The topological polar surface area (TPSA) is 115 Å². The van der Waals surface area contributed by atoms with Gasteiger partial charge in [-0.3, -0.25) is 5.43 Å². The third kappa shape index (κ3) is 5.09. The number of hydrogen-bond acceptors (Lipinski definition) is 8. The van der Waals surface area contributed by atoms with Gasteiger partial charge < -0.3 is 14.3 Å². The zero-order chi connectivity index (χ0) is 20.9. The van der Waals surface area contributed by atoms with Crippen LogP contribution < -0.4 is 10.9 Å². The minimum absolute atomic E-state index is 0.0383. The molecule has 2 N–H and O–H groups in total. The van der Waals surface area contributed by atoms with E-state index in [1.807, 2.05) is 6.07 Å². The lowest BCUT2D eigenvalue weighted by Gasteiger charge is -2.21. The first-order chi connectivity index (χ1) is 13.1. The molecule has 1 aromatic carbocycles. The van der Waals surface area contributed by atoms with Crippen molar-refractivity contribution >= 4 is 23.7 Å². The highest BCUT2D eigenvalue weighted by molar-refractivity contribution is 6.20. The lowest BCUT2D eigenvalue weighted by molar-refractivity contribution is -0.145. The summed E-state index contributed by atoms with van der Waals surface area (Å²) < 4.78 is 9.95. The van der Waals surface area contributed by atoms with E-state index in [1.54, 1.807) is 45.0 Å². The van der Waals surface area contributed by atoms with Crippen molar-refractivity contribution in [2.24, 2.45) is 11.1 Å². The first-order valence-corrected chi connectivity index (χ1v) is 8.52. The van der Waals surface area contributed by atoms with Crippen molar-refractivity contribution in [1.29, 1.82) is 0 Å². The highest BCUT2D eigenvalue weighted by Crippen LogP contribution is 2.27. The van der Waals surface area contributed by atoms with Crippen molar-refractivity contribution in [3.8, 4) is 0 Å². The number of carbonyl (C=O) groups is 3. The molecular formula is C19H23N3O6. The van der Waals surface area contributed by atoms with Crippen LogP contribution in [0.15, 0.2) is 46.8 Å². The van der Waals surface area contributed by atoms with E-state index in [-0.39, 0.29) is 17.0 Å². The fourth-order valence-corrected chi connectivity index (χ4v) is 2.51. The molecule has 0 spiro atoms. The minimum Gasteiger partial charge on any atom is -0.466 e. The van der Waals surface area contributed by atoms with Crippen LogP contribution in [0.25, 0.3) is 0 Å². The molecule has 1 aliphatic heterocycles. The molecule has 0 aromatic heterocycles. The van der Waals surface area contributed by atoms with Gasteiger partial charge in [-0.25, -0.2) is 19.8 Å². The summed E-state index contributed by atoms with van der Waals surface area (Å²) in [4.78, 5) is 41.4. The monoisotopic (exact) mass is 389 g/mol. The van der Waals surface area contributed by atoms with Gasteiger partial charge in [-0.15, -0.1) is 0 Å². The van der Waals surface area contributed by atoms with Gasteiger partial charge in [0.1, 0.15) is 17.2 Å². The van der Waals surface area contributed by atoms with Gasteiger partial charge >= 0.3 is 18.0 Å². The highest BCUT2D eigenvalue weighted by Gasteiger charge is 2.41. The Labute approximate surface area is 162 Å². The molecule has 1 heterocycles. The zero-order valence-corrected chi connectivity index (χ0v) is 16.4. The van der Waals surface area contributed by atoms with Crippen molar-refractivity contribution in [2.45, 2.75) is 33.3 Å². The van der Waals surface area contributed by atoms with Crippen molar-refractivity contribution < 1.29 is 28.7 Å². The van der Waals surface area contributed by atoms with Crippen molar-refractivity contribution in [3.63, 3.8) is 0 Å². The number of ether oxygens (including phenoxy) is 2. The Hall–Kier alpha value is -3.36. The number of hydrazine groups is 1. The van der Waals surface area contributed by atoms with Crippen LogP contribution in [0.2, 0.25) is 0 Å². The second-order valence-corrected chi connectivity index (χ2v) is 6.97. The molecule has 1 amide bonds. The van der Waals surface area contributed by atoms with E-state index in [2.05, 4.69) is 16.0 Å². The standard InChI is InChI=1S/C19H23N3O6/c1-11(20-21-18(25)27-19(2,3)4)13(16(23)26-5)14-15(22-28-17(14)24)12-9-7-6-8-10-12/h6-10,14,20H,1-5H3,(H,21,25)/b13-11+. The first-order valence-electron chi connectivity index (χ1n) is 8.52. The Morgan fingerprint density at radius 2 is 1.79 bits per heavy atom. The zero-order valence-electron chi connectivity index (χ0n) is 16.4. The van der Waals surface area contributed by atoms with E-state index in [0.29, 0.717) is 5.56 Å². The lowest BCUT2D eigenvalue weighted by Crippen LogP contribution is -2.42. The van der Waals surface area contributed by atoms with E-state index in [1.165, 1.54) is 14.0 Å². The molecule has 1 aliphatic rings. The van der Waals surface area contributed by atoms with Crippen LogP contribution in [0, 0.1) is 5.92 Å². The maximum absolute atomic E-state index is 12.4. The third-order valence-electron chi connectivity index (χ3n) is 3.66. The molecule has 0 aliphatic carbocycles. The van der Waals surface area contributed by atoms with E-state index in [4.69, 9.17) is 14.3 Å². The molecule has 0 radical (unpaired) electrons. The van der Waals surface area contributed by atoms with Crippen LogP contribution >= 0.6 is 0 Å². The Bertz CT molecular complexity index is 824. The summed E-state index contributed by atoms with van der Waals surface area (Å²) in [6.45, 7) is 6.66. The predicted molar refractivity (Wildman–Crippen MR) is 99.8 cm³/mol. The number of carbonyl (C=O) groups excluding carboxylic acids is 3. The molecule has 150 valence electrons. The third-order valence-corrected chi connectivity index (χ3v) is 3.66. The predicted octanol–water partition coefficient (Wildman–Crippen LogP) is 2.04. The molecule has 2 rings (SSSR count). The summed E-state index contributed by atoms with van der Waals surface area (Å²) in [5.74, 6) is -2.59. The summed E-state index contributed by atoms with van der Waals surface area (Å²) >= 11 is 0. The van der Waals surface area contributed by atoms with Crippen LogP contribution in [-0.2, 0) is 23.9 Å². The van der Waals surface area contributed by atoms with Crippen LogP contribution in [0.4, 0.5) is 4.79 Å². The summed E-state index contributed by atoms with van der Waals surface area (Å²) in [7, 11) is 1.19. The number of rotatable bonds is 5. The number of nitrogens with zero attached hydrogens (tertiary/aromatic N) is 1. The summed E-state index contributed by atoms with van der Waals surface area (Å²) in [5, 5.41) is 3.82. The van der Waals surface area contributed by atoms with Gasteiger partial charge in [0.2, 0.25) is 0 Å². The number of esters is 1. The van der Waals surface area contributed by atoms with Gasteiger partial charge in [-0.1, -0.05) is 35.5 Å². The molecule has 28 heavy (non-hydrogen) atoms. The summed E-state index contributed by atoms with van der Waals surface area (Å²) in [5.41, 5.74) is 5.24. The maximum atomic E-state index is 12.4. The van der Waals surface area contributed by atoms with E-state index >= 15 is 0 Å². The number of allylic oxidation sites excluding steroid dienone is 1.